The van der Waals surface area contributed by atoms with Gasteiger partial charge in [0.25, 0.3) is 5.91 Å². The lowest BCUT2D eigenvalue weighted by Crippen LogP contribution is -2.46. The van der Waals surface area contributed by atoms with Crippen molar-refractivity contribution in [2.24, 2.45) is 0 Å². The molecule has 0 atom stereocenters. The highest BCUT2D eigenvalue weighted by Gasteiger charge is 2.51. The second kappa shape index (κ2) is 6.85. The van der Waals surface area contributed by atoms with Crippen molar-refractivity contribution in [3.05, 3.63) is 64.1 Å². The van der Waals surface area contributed by atoms with E-state index >= 15 is 0 Å². The van der Waals surface area contributed by atoms with Gasteiger partial charge in [-0.05, 0) is 54.8 Å². The number of hydrogen-bond acceptors (Lipinski definition) is 4. The van der Waals surface area contributed by atoms with Crippen molar-refractivity contribution >= 4 is 37.6 Å². The van der Waals surface area contributed by atoms with E-state index in [4.69, 9.17) is 0 Å². The SMILES string of the molecule is CS(=O)(=O)c1ccc(C(=O)NNC(=O)C2(c3cccc(Br)c3)CC2)cc1. The molecule has 3 rings (SSSR count). The van der Waals surface area contributed by atoms with Gasteiger partial charge in [-0.2, -0.15) is 0 Å². The van der Waals surface area contributed by atoms with E-state index in [1.807, 2.05) is 24.3 Å². The summed E-state index contributed by atoms with van der Waals surface area (Å²) in [6.45, 7) is 0. The molecule has 0 saturated heterocycles. The lowest BCUT2D eigenvalue weighted by molar-refractivity contribution is -0.124. The molecule has 2 aromatic rings. The fourth-order valence-corrected chi connectivity index (χ4v) is 3.75. The summed E-state index contributed by atoms with van der Waals surface area (Å²) in [7, 11) is -3.32. The van der Waals surface area contributed by atoms with Gasteiger partial charge in [-0.15, -0.1) is 0 Å². The van der Waals surface area contributed by atoms with Crippen LogP contribution in [0.3, 0.4) is 0 Å². The zero-order chi connectivity index (χ0) is 18.9. The van der Waals surface area contributed by atoms with Gasteiger partial charge in [0.2, 0.25) is 5.91 Å². The van der Waals surface area contributed by atoms with Gasteiger partial charge in [0, 0.05) is 16.3 Å². The van der Waals surface area contributed by atoms with Crippen molar-refractivity contribution in [1.29, 1.82) is 0 Å². The maximum Gasteiger partial charge on any atom is 0.269 e. The lowest BCUT2D eigenvalue weighted by Gasteiger charge is -2.16. The molecule has 0 aromatic heterocycles. The van der Waals surface area contributed by atoms with Crippen molar-refractivity contribution in [2.75, 3.05) is 6.26 Å². The second-order valence-electron chi connectivity index (χ2n) is 6.30. The molecule has 1 saturated carbocycles. The Morgan fingerprint density at radius 3 is 2.23 bits per heavy atom. The molecule has 0 radical (unpaired) electrons. The number of nitrogens with one attached hydrogen (secondary N) is 2. The van der Waals surface area contributed by atoms with Gasteiger partial charge in [0.15, 0.2) is 9.84 Å². The van der Waals surface area contributed by atoms with Crippen LogP contribution in [0.1, 0.15) is 28.8 Å². The molecule has 2 N–H and O–H groups in total. The monoisotopic (exact) mass is 436 g/mol. The van der Waals surface area contributed by atoms with Crippen molar-refractivity contribution in [3.63, 3.8) is 0 Å². The number of hydrogen-bond donors (Lipinski definition) is 2. The summed E-state index contributed by atoms with van der Waals surface area (Å²) >= 11 is 3.40. The van der Waals surface area contributed by atoms with Crippen LogP contribution in [0.25, 0.3) is 0 Å². The quantitative estimate of drug-likeness (QED) is 0.719. The van der Waals surface area contributed by atoms with Crippen LogP contribution in [-0.2, 0) is 20.0 Å². The van der Waals surface area contributed by atoms with E-state index in [-0.39, 0.29) is 16.4 Å². The minimum Gasteiger partial charge on any atom is -0.272 e. The molecular weight excluding hydrogens is 420 g/mol. The third-order valence-electron chi connectivity index (χ3n) is 4.40. The predicted molar refractivity (Wildman–Crippen MR) is 100 cm³/mol. The van der Waals surface area contributed by atoms with Crippen LogP contribution in [-0.4, -0.2) is 26.5 Å². The molecule has 2 aromatic carbocycles. The molecule has 0 heterocycles. The fraction of sp³-hybridized carbons (Fsp3) is 0.222. The molecule has 1 aliphatic carbocycles. The highest BCUT2D eigenvalue weighted by molar-refractivity contribution is 9.10. The number of halogens is 1. The van der Waals surface area contributed by atoms with E-state index in [9.17, 15) is 18.0 Å². The van der Waals surface area contributed by atoms with Crippen molar-refractivity contribution in [3.8, 4) is 0 Å². The topological polar surface area (TPSA) is 92.3 Å². The summed E-state index contributed by atoms with van der Waals surface area (Å²) in [5, 5.41) is 0. The minimum absolute atomic E-state index is 0.129. The van der Waals surface area contributed by atoms with Crippen LogP contribution in [0, 0.1) is 0 Å². The first-order valence-corrected chi connectivity index (χ1v) is 10.6. The number of benzene rings is 2. The molecule has 6 nitrogen and oxygen atoms in total. The molecular formula is C18H17BrN2O4S. The third kappa shape index (κ3) is 3.81. The molecule has 0 unspecified atom stereocenters. The van der Waals surface area contributed by atoms with Crippen LogP contribution in [0.4, 0.5) is 0 Å². The van der Waals surface area contributed by atoms with E-state index < -0.39 is 21.2 Å². The van der Waals surface area contributed by atoms with Gasteiger partial charge in [-0.25, -0.2) is 8.42 Å². The van der Waals surface area contributed by atoms with Crippen LogP contribution < -0.4 is 10.9 Å². The zero-order valence-corrected chi connectivity index (χ0v) is 16.4. The summed E-state index contributed by atoms with van der Waals surface area (Å²) < 4.78 is 23.8. The standard InChI is InChI=1S/C18H17BrN2O4S/c1-26(24,25)15-7-5-12(6-8-15)16(22)20-21-17(23)18(9-10-18)13-3-2-4-14(19)11-13/h2-8,11H,9-10H2,1H3,(H,20,22)(H,21,23). The second-order valence-corrected chi connectivity index (χ2v) is 9.23. The number of sulfone groups is 1. The first kappa shape index (κ1) is 18.6. The van der Waals surface area contributed by atoms with Gasteiger partial charge in [-0.3, -0.25) is 20.4 Å². The Hall–Kier alpha value is -2.19. The molecule has 26 heavy (non-hydrogen) atoms. The number of carbonyl (C=O) groups is 2. The van der Waals surface area contributed by atoms with Crippen LogP contribution >= 0.6 is 15.9 Å². The average Bonchev–Trinajstić information content (AvgIpc) is 3.41. The zero-order valence-electron chi connectivity index (χ0n) is 14.0. The lowest BCUT2D eigenvalue weighted by atomic mass is 9.95. The largest absolute Gasteiger partial charge is 0.272 e. The van der Waals surface area contributed by atoms with Crippen molar-refractivity contribution in [1.82, 2.24) is 10.9 Å². The van der Waals surface area contributed by atoms with E-state index in [0.717, 1.165) is 16.3 Å². The number of carbonyl (C=O) groups excluding carboxylic acids is 2. The first-order chi connectivity index (χ1) is 12.2. The molecule has 0 bridgehead atoms. The van der Waals surface area contributed by atoms with Gasteiger partial charge >= 0.3 is 0 Å². The average molecular weight is 437 g/mol. The third-order valence-corrected chi connectivity index (χ3v) is 6.02. The Morgan fingerprint density at radius 2 is 1.69 bits per heavy atom. The fourth-order valence-electron chi connectivity index (χ4n) is 2.72. The number of amides is 2. The molecule has 2 amide bonds. The molecule has 1 aliphatic rings. The Labute approximate surface area is 160 Å². The van der Waals surface area contributed by atoms with E-state index in [2.05, 4.69) is 26.8 Å². The molecule has 136 valence electrons. The highest BCUT2D eigenvalue weighted by atomic mass is 79.9. The summed E-state index contributed by atoms with van der Waals surface area (Å²) in [4.78, 5) is 24.8. The maximum atomic E-state index is 12.5. The Balaban J connectivity index is 1.65. The van der Waals surface area contributed by atoms with Gasteiger partial charge in [-0.1, -0.05) is 28.1 Å². The van der Waals surface area contributed by atoms with E-state index in [1.165, 1.54) is 24.3 Å². The molecule has 1 fully saturated rings. The smallest absolute Gasteiger partial charge is 0.269 e. The van der Waals surface area contributed by atoms with Crippen LogP contribution in [0.15, 0.2) is 57.9 Å². The predicted octanol–water partition coefficient (Wildman–Crippen LogP) is 2.35. The summed E-state index contributed by atoms with van der Waals surface area (Å²) in [6, 6.07) is 13.1. The normalized spacial score (nSPS) is 15.2. The minimum atomic E-state index is -3.32. The Kier molecular flexibility index (Phi) is 4.90. The van der Waals surface area contributed by atoms with Gasteiger partial charge in [0.1, 0.15) is 0 Å². The Bertz CT molecular complexity index is 967. The number of hydrazine groups is 1. The maximum absolute atomic E-state index is 12.5. The van der Waals surface area contributed by atoms with Crippen LogP contribution in [0.2, 0.25) is 0 Å². The van der Waals surface area contributed by atoms with Gasteiger partial charge in [0.05, 0.1) is 10.3 Å². The first-order valence-electron chi connectivity index (χ1n) is 7.89. The molecule has 0 spiro atoms. The summed E-state index contributed by atoms with van der Waals surface area (Å²) in [6.07, 6.45) is 2.53. The van der Waals surface area contributed by atoms with Crippen molar-refractivity contribution < 1.29 is 18.0 Å². The molecule has 8 heteroatoms. The highest BCUT2D eigenvalue weighted by Crippen LogP contribution is 2.48. The van der Waals surface area contributed by atoms with Crippen molar-refractivity contribution in [2.45, 2.75) is 23.2 Å². The number of rotatable bonds is 4. The summed E-state index contributed by atoms with van der Waals surface area (Å²) in [5.74, 6) is -0.778. The van der Waals surface area contributed by atoms with Crippen LogP contribution in [0.5, 0.6) is 0 Å². The summed E-state index contributed by atoms with van der Waals surface area (Å²) in [5.41, 5.74) is 5.40. The molecule has 0 aliphatic heterocycles. The van der Waals surface area contributed by atoms with Gasteiger partial charge < -0.3 is 0 Å². The van der Waals surface area contributed by atoms with E-state index in [0.29, 0.717) is 12.8 Å². The van der Waals surface area contributed by atoms with E-state index in [1.54, 1.807) is 0 Å². The Morgan fingerprint density at radius 1 is 1.04 bits per heavy atom.